The number of benzene rings is 2. The number of amides is 1. The number of rotatable bonds is 10. The van der Waals surface area contributed by atoms with Gasteiger partial charge >= 0.3 is 5.97 Å². The van der Waals surface area contributed by atoms with Crippen LogP contribution < -0.4 is 15.4 Å². The molecule has 0 saturated heterocycles. The number of aryl methyl sites for hydroxylation is 1. The largest absolute Gasteiger partial charge is 0.480 e. The summed E-state index contributed by atoms with van der Waals surface area (Å²) in [6.45, 7) is 6.26. The van der Waals surface area contributed by atoms with Gasteiger partial charge in [0.2, 0.25) is 5.91 Å². The zero-order valence-corrected chi connectivity index (χ0v) is 18.0. The fourth-order valence-corrected chi connectivity index (χ4v) is 3.63. The smallest absolute Gasteiger partial charge is 0.321 e. The Labute approximate surface area is 176 Å². The van der Waals surface area contributed by atoms with E-state index in [1.165, 1.54) is 24.3 Å². The second-order valence-corrected chi connectivity index (χ2v) is 9.12. The number of hydrogen-bond donors (Lipinski definition) is 4. The molecule has 0 spiro atoms. The van der Waals surface area contributed by atoms with Gasteiger partial charge in [0.1, 0.15) is 6.04 Å². The summed E-state index contributed by atoms with van der Waals surface area (Å²) in [4.78, 5) is 23.5. The van der Waals surface area contributed by atoms with Gasteiger partial charge in [0, 0.05) is 11.4 Å². The van der Waals surface area contributed by atoms with E-state index in [-0.39, 0.29) is 17.2 Å². The third kappa shape index (κ3) is 7.16. The first kappa shape index (κ1) is 23.4. The molecule has 2 aromatic rings. The van der Waals surface area contributed by atoms with Crippen molar-refractivity contribution in [3.8, 4) is 0 Å². The lowest BCUT2D eigenvalue weighted by Gasteiger charge is -2.16. The highest BCUT2D eigenvalue weighted by Crippen LogP contribution is 2.19. The molecule has 0 bridgehead atoms. The third-order valence-corrected chi connectivity index (χ3v) is 5.61. The Balaban J connectivity index is 1.99. The maximum Gasteiger partial charge on any atom is 0.321 e. The molecule has 0 aliphatic heterocycles. The van der Waals surface area contributed by atoms with E-state index in [0.717, 1.165) is 5.56 Å². The summed E-state index contributed by atoms with van der Waals surface area (Å²) in [6, 6.07) is 11.6. The van der Waals surface area contributed by atoms with Crippen LogP contribution in [0.1, 0.15) is 25.8 Å². The quantitative estimate of drug-likeness (QED) is 0.457. The van der Waals surface area contributed by atoms with E-state index in [1.807, 2.05) is 20.8 Å². The number of anilines is 2. The van der Waals surface area contributed by atoms with Gasteiger partial charge in [-0.3, -0.25) is 14.3 Å². The van der Waals surface area contributed by atoms with E-state index in [2.05, 4.69) is 15.4 Å². The Bertz CT molecular complexity index is 971. The predicted molar refractivity (Wildman–Crippen MR) is 116 cm³/mol. The standard InChI is InChI=1S/C21H27N3O5S/c1-14(2)13-22-19(21(26)27)12-20(25)23-16-8-10-18(11-9-16)30(28,29)24-17-6-4-15(3)5-7-17/h4-11,14,19,22,24H,12-13H2,1-3H3,(H,23,25)(H,26,27). The molecule has 0 aliphatic carbocycles. The van der Waals surface area contributed by atoms with Crippen molar-refractivity contribution in [2.24, 2.45) is 5.92 Å². The number of carboxylic acids is 1. The van der Waals surface area contributed by atoms with Crippen LogP contribution in [-0.4, -0.2) is 38.0 Å². The molecule has 0 fully saturated rings. The Morgan fingerprint density at radius 3 is 2.07 bits per heavy atom. The van der Waals surface area contributed by atoms with E-state index in [0.29, 0.717) is 17.9 Å². The molecule has 162 valence electrons. The Kier molecular flexibility index (Phi) is 7.96. The first-order valence-electron chi connectivity index (χ1n) is 9.52. The van der Waals surface area contributed by atoms with Gasteiger partial charge in [-0.2, -0.15) is 0 Å². The summed E-state index contributed by atoms with van der Waals surface area (Å²) in [5.41, 5.74) is 1.84. The van der Waals surface area contributed by atoms with Crippen LogP contribution in [-0.2, 0) is 19.6 Å². The SMILES string of the molecule is Cc1ccc(NS(=O)(=O)c2ccc(NC(=O)CC(NCC(C)C)C(=O)O)cc2)cc1. The third-order valence-electron chi connectivity index (χ3n) is 4.21. The van der Waals surface area contributed by atoms with Gasteiger partial charge < -0.3 is 15.7 Å². The highest BCUT2D eigenvalue weighted by atomic mass is 32.2. The maximum atomic E-state index is 12.5. The first-order valence-corrected chi connectivity index (χ1v) is 11.0. The highest BCUT2D eigenvalue weighted by Gasteiger charge is 2.21. The minimum atomic E-state index is -3.77. The van der Waals surface area contributed by atoms with Crippen LogP contribution in [0.15, 0.2) is 53.4 Å². The molecule has 0 saturated carbocycles. The average Bonchev–Trinajstić information content (AvgIpc) is 2.67. The van der Waals surface area contributed by atoms with Gasteiger partial charge in [0.25, 0.3) is 10.0 Å². The lowest BCUT2D eigenvalue weighted by atomic mass is 10.1. The molecule has 1 atom stereocenters. The van der Waals surface area contributed by atoms with Crippen LogP contribution in [0.25, 0.3) is 0 Å². The second-order valence-electron chi connectivity index (χ2n) is 7.44. The average molecular weight is 434 g/mol. The van der Waals surface area contributed by atoms with Crippen LogP contribution >= 0.6 is 0 Å². The van der Waals surface area contributed by atoms with E-state index in [1.54, 1.807) is 24.3 Å². The van der Waals surface area contributed by atoms with Crippen molar-refractivity contribution in [2.45, 2.75) is 38.1 Å². The molecule has 0 aromatic heterocycles. The highest BCUT2D eigenvalue weighted by molar-refractivity contribution is 7.92. The molecule has 8 nitrogen and oxygen atoms in total. The van der Waals surface area contributed by atoms with Crippen molar-refractivity contribution in [3.05, 3.63) is 54.1 Å². The lowest BCUT2D eigenvalue weighted by molar-refractivity contribution is -0.141. The van der Waals surface area contributed by atoms with Crippen LogP contribution in [0, 0.1) is 12.8 Å². The zero-order chi connectivity index (χ0) is 22.3. The molecule has 2 aromatic carbocycles. The van der Waals surface area contributed by atoms with Crippen molar-refractivity contribution < 1.29 is 23.1 Å². The van der Waals surface area contributed by atoms with Crippen LogP contribution in [0.4, 0.5) is 11.4 Å². The van der Waals surface area contributed by atoms with E-state index in [9.17, 15) is 23.1 Å². The number of hydrogen-bond acceptors (Lipinski definition) is 5. The van der Waals surface area contributed by atoms with Gasteiger partial charge in [-0.05, 0) is 55.8 Å². The summed E-state index contributed by atoms with van der Waals surface area (Å²) >= 11 is 0. The monoisotopic (exact) mass is 433 g/mol. The molecule has 0 radical (unpaired) electrons. The van der Waals surface area contributed by atoms with Crippen LogP contribution in [0.2, 0.25) is 0 Å². The van der Waals surface area contributed by atoms with Crippen LogP contribution in [0.3, 0.4) is 0 Å². The van der Waals surface area contributed by atoms with Gasteiger partial charge in [0.05, 0.1) is 11.3 Å². The molecular formula is C21H27N3O5S. The molecule has 2 rings (SSSR count). The molecule has 0 aliphatic rings. The maximum absolute atomic E-state index is 12.5. The topological polar surface area (TPSA) is 125 Å². The Hall–Kier alpha value is -2.91. The fourth-order valence-electron chi connectivity index (χ4n) is 2.58. The minimum Gasteiger partial charge on any atom is -0.480 e. The molecule has 9 heteroatoms. The number of carbonyl (C=O) groups is 2. The summed E-state index contributed by atoms with van der Waals surface area (Å²) in [7, 11) is -3.77. The predicted octanol–water partition coefficient (Wildman–Crippen LogP) is 2.82. The van der Waals surface area contributed by atoms with Crippen molar-refractivity contribution >= 4 is 33.3 Å². The minimum absolute atomic E-state index is 0.0445. The van der Waals surface area contributed by atoms with Gasteiger partial charge in [-0.1, -0.05) is 31.5 Å². The normalized spacial score (nSPS) is 12.4. The molecule has 30 heavy (non-hydrogen) atoms. The fraction of sp³-hybridized carbons (Fsp3) is 0.333. The number of carbonyl (C=O) groups excluding carboxylic acids is 1. The number of sulfonamides is 1. The summed E-state index contributed by atoms with van der Waals surface area (Å²) in [5.74, 6) is -1.33. The van der Waals surface area contributed by atoms with Crippen molar-refractivity contribution in [2.75, 3.05) is 16.6 Å². The first-order chi connectivity index (χ1) is 14.1. The van der Waals surface area contributed by atoms with E-state index in [4.69, 9.17) is 0 Å². The van der Waals surface area contributed by atoms with Gasteiger partial charge in [0.15, 0.2) is 0 Å². The van der Waals surface area contributed by atoms with Crippen molar-refractivity contribution in [1.29, 1.82) is 0 Å². The summed E-state index contributed by atoms with van der Waals surface area (Å²) in [6.07, 6.45) is -0.239. The van der Waals surface area contributed by atoms with Gasteiger partial charge in [-0.25, -0.2) is 8.42 Å². The van der Waals surface area contributed by atoms with Crippen molar-refractivity contribution in [3.63, 3.8) is 0 Å². The Morgan fingerprint density at radius 2 is 1.53 bits per heavy atom. The van der Waals surface area contributed by atoms with Gasteiger partial charge in [-0.15, -0.1) is 0 Å². The molecule has 4 N–H and O–H groups in total. The number of aliphatic carboxylic acids is 1. The second kappa shape index (κ2) is 10.2. The molecule has 0 heterocycles. The van der Waals surface area contributed by atoms with Crippen LogP contribution in [0.5, 0.6) is 0 Å². The van der Waals surface area contributed by atoms with E-state index < -0.39 is 27.9 Å². The number of carboxylic acid groups (broad SMARTS) is 1. The molecular weight excluding hydrogens is 406 g/mol. The van der Waals surface area contributed by atoms with Crippen molar-refractivity contribution in [1.82, 2.24) is 5.32 Å². The number of nitrogens with one attached hydrogen (secondary N) is 3. The molecule has 1 unspecified atom stereocenters. The summed E-state index contributed by atoms with van der Waals surface area (Å²) in [5, 5.41) is 14.7. The lowest BCUT2D eigenvalue weighted by Crippen LogP contribution is -2.41. The Morgan fingerprint density at radius 1 is 0.967 bits per heavy atom. The summed E-state index contributed by atoms with van der Waals surface area (Å²) < 4.78 is 27.5. The zero-order valence-electron chi connectivity index (χ0n) is 17.2. The molecule has 1 amide bonds. The van der Waals surface area contributed by atoms with E-state index >= 15 is 0 Å².